The van der Waals surface area contributed by atoms with Crippen molar-refractivity contribution < 1.29 is 46.4 Å². The predicted molar refractivity (Wildman–Crippen MR) is 242 cm³/mol. The molecule has 0 aliphatic carbocycles. The van der Waals surface area contributed by atoms with E-state index in [4.69, 9.17) is 45.3 Å². The number of benzene rings is 2. The van der Waals surface area contributed by atoms with E-state index in [2.05, 4.69) is 26.6 Å². The van der Waals surface area contributed by atoms with E-state index in [0.717, 1.165) is 23.8 Å². The topological polar surface area (TPSA) is 173 Å². The van der Waals surface area contributed by atoms with Crippen molar-refractivity contribution in [1.82, 2.24) is 19.9 Å². The molecule has 0 radical (unpaired) electrons. The maximum atomic E-state index is 18.1. The fraction of sp³-hybridized carbons (Fsp3) is 0.478. The highest BCUT2D eigenvalue weighted by molar-refractivity contribution is 7.23. The number of nitriles is 1. The van der Waals surface area contributed by atoms with E-state index in [9.17, 15) is 19.2 Å². The number of rotatable bonds is 8. The van der Waals surface area contributed by atoms with Crippen LogP contribution in [0, 0.1) is 28.9 Å². The second-order valence-electron chi connectivity index (χ2n) is 19.0. The highest BCUT2D eigenvalue weighted by atomic mass is 35.5. The van der Waals surface area contributed by atoms with Gasteiger partial charge in [-0.15, -0.1) is 11.3 Å². The van der Waals surface area contributed by atoms with E-state index in [0.29, 0.717) is 18.5 Å². The summed E-state index contributed by atoms with van der Waals surface area (Å²) in [5, 5.41) is 15.7. The maximum Gasteiger partial charge on any atom is 0.413 e. The number of carbonyl (C=O) groups excluding carboxylic acids is 2. The van der Waals surface area contributed by atoms with Crippen molar-refractivity contribution in [2.45, 2.75) is 96.3 Å². The summed E-state index contributed by atoms with van der Waals surface area (Å²) in [6.45, 7) is 11.9. The van der Waals surface area contributed by atoms with Crippen molar-refractivity contribution in [3.63, 3.8) is 0 Å². The molecule has 0 spiro atoms. The summed E-state index contributed by atoms with van der Waals surface area (Å²) < 4.78 is 78.7. The van der Waals surface area contributed by atoms with Gasteiger partial charge in [-0.25, -0.2) is 27.7 Å². The molecule has 7 heterocycles. The third kappa shape index (κ3) is 8.59. The zero-order valence-corrected chi connectivity index (χ0v) is 38.7. The van der Waals surface area contributed by atoms with Gasteiger partial charge in [0.15, 0.2) is 11.6 Å². The van der Waals surface area contributed by atoms with Gasteiger partial charge in [0.2, 0.25) is 0 Å². The number of nitrogens with zero attached hydrogens (tertiary/aromatic N) is 6. The van der Waals surface area contributed by atoms with Crippen LogP contribution in [0.2, 0.25) is 5.02 Å². The summed E-state index contributed by atoms with van der Waals surface area (Å²) in [6, 6.07) is 7.38. The quantitative estimate of drug-likeness (QED) is 0.151. The molecule has 15 nitrogen and oxygen atoms in total. The van der Waals surface area contributed by atoms with E-state index in [1.807, 2.05) is 4.90 Å². The Balaban J connectivity index is 1.24. The van der Waals surface area contributed by atoms with Gasteiger partial charge in [-0.2, -0.15) is 15.2 Å². The minimum atomic E-state index is -1.04. The number of hydrogen-bond acceptors (Lipinski definition) is 14. The minimum absolute atomic E-state index is 0.00702. The Morgan fingerprint density at radius 2 is 1.80 bits per heavy atom. The smallest absolute Gasteiger partial charge is 0.413 e. The maximum absolute atomic E-state index is 18.1. The van der Waals surface area contributed by atoms with E-state index in [-0.39, 0.29) is 123 Å². The molecule has 66 heavy (non-hydrogen) atoms. The fourth-order valence-electron chi connectivity index (χ4n) is 9.39. The fourth-order valence-corrected chi connectivity index (χ4v) is 10.8. The Kier molecular flexibility index (Phi) is 11.8. The number of nitrogens with one attached hydrogen (secondary N) is 2. The summed E-state index contributed by atoms with van der Waals surface area (Å²) >= 11 is 8.12. The van der Waals surface area contributed by atoms with Crippen LogP contribution >= 0.6 is 22.9 Å². The van der Waals surface area contributed by atoms with Gasteiger partial charge in [-0.3, -0.25) is 15.5 Å². The van der Waals surface area contributed by atoms with Crippen LogP contribution in [-0.4, -0.2) is 101 Å². The van der Waals surface area contributed by atoms with Crippen molar-refractivity contribution >= 4 is 72.8 Å². The van der Waals surface area contributed by atoms with Gasteiger partial charge in [-0.05, 0) is 78.6 Å². The number of alkyl halides is 1. The van der Waals surface area contributed by atoms with Gasteiger partial charge in [-0.1, -0.05) is 23.7 Å². The molecule has 9 rings (SSSR count). The number of hydrogen-bond donors (Lipinski definition) is 2. The summed E-state index contributed by atoms with van der Waals surface area (Å²) in [4.78, 5) is 44.1. The van der Waals surface area contributed by atoms with Gasteiger partial charge >= 0.3 is 18.2 Å². The minimum Gasteiger partial charge on any atom is -0.491 e. The second-order valence-corrected chi connectivity index (χ2v) is 20.4. The van der Waals surface area contributed by atoms with Crippen LogP contribution in [-0.2, 0) is 20.8 Å². The van der Waals surface area contributed by atoms with Crippen LogP contribution in [0.4, 0.5) is 39.4 Å². The third-order valence-electron chi connectivity index (χ3n) is 12.1. The monoisotopic (exact) mass is 948 g/mol. The molecular weight excluding hydrogens is 901 g/mol. The van der Waals surface area contributed by atoms with Crippen LogP contribution < -0.4 is 25.0 Å². The average Bonchev–Trinajstić information content (AvgIpc) is 4.01. The highest BCUT2D eigenvalue weighted by Crippen LogP contribution is 2.52. The first-order valence-corrected chi connectivity index (χ1v) is 22.8. The van der Waals surface area contributed by atoms with Gasteiger partial charge in [0.25, 0.3) is 0 Å². The van der Waals surface area contributed by atoms with E-state index >= 15 is 8.78 Å². The van der Waals surface area contributed by atoms with Crippen molar-refractivity contribution in [1.29, 1.82) is 5.26 Å². The van der Waals surface area contributed by atoms with Crippen molar-refractivity contribution in [3.8, 4) is 29.0 Å². The van der Waals surface area contributed by atoms with E-state index in [1.54, 1.807) is 53.7 Å². The molecule has 3 fully saturated rings. The number of carbonyl (C=O) groups is 2. The van der Waals surface area contributed by atoms with Crippen LogP contribution in [0.5, 0.6) is 11.8 Å². The van der Waals surface area contributed by atoms with Gasteiger partial charge in [0.05, 0.1) is 52.1 Å². The van der Waals surface area contributed by atoms with Gasteiger partial charge < -0.3 is 28.6 Å². The molecule has 348 valence electrons. The molecule has 2 amide bonds. The number of aromatic nitrogens is 3. The summed E-state index contributed by atoms with van der Waals surface area (Å²) in [5.74, 6) is -1.58. The molecule has 0 bridgehead atoms. The Labute approximate surface area is 387 Å². The largest absolute Gasteiger partial charge is 0.491 e. The number of ether oxygens (including phenoxy) is 5. The predicted octanol–water partition coefficient (Wildman–Crippen LogP) is 9.77. The van der Waals surface area contributed by atoms with Gasteiger partial charge in [0, 0.05) is 48.1 Å². The second kappa shape index (κ2) is 17.2. The normalized spacial score (nSPS) is 21.7. The molecule has 2 unspecified atom stereocenters. The Morgan fingerprint density at radius 3 is 2.55 bits per heavy atom. The van der Waals surface area contributed by atoms with Gasteiger partial charge in [0.1, 0.15) is 58.0 Å². The number of anilines is 3. The van der Waals surface area contributed by atoms with E-state index in [1.165, 1.54) is 12.3 Å². The first-order chi connectivity index (χ1) is 31.3. The SMILES string of the molecule is CC(C)(C)OC(=O)Nc1ncccc1CN1c2nc(OC[C@@]34CCCN3C[C@H](F)C4)nc3c(F)c(-c4ccc(F)c5sc(NC(=O)OC(C)(C)C)c(C#N)c45)c(Cl)c(c23)OCC2COCC21. The Morgan fingerprint density at radius 1 is 1.05 bits per heavy atom. The van der Waals surface area contributed by atoms with Crippen molar-refractivity contribution in [3.05, 3.63) is 58.2 Å². The van der Waals surface area contributed by atoms with Crippen LogP contribution in [0.1, 0.15) is 71.9 Å². The molecule has 2 N–H and O–H groups in total. The number of pyridine rings is 1. The first kappa shape index (κ1) is 45.5. The van der Waals surface area contributed by atoms with E-state index < -0.39 is 52.8 Å². The standard InChI is InChI=1S/C46H48ClF3N8O7S/c1-44(2,3)64-42(59)54-38-23(9-7-13-52-38)17-58-29-21-61-19-24(29)20-62-36-32-35(53-41(55-39(32)58)63-22-46-12-8-14-57(46)18-25(48)15-46)34(50)31(33(36)47)26-10-11-28(49)37-30(26)27(16-51)40(66-37)56-43(60)65-45(4,5)6/h7,9-11,13,24-25,29H,8,12,14-15,17-22H2,1-6H3,(H,56,60)(H,52,54,59)/t24?,25-,29?,46+/m1/s1. The lowest BCUT2D eigenvalue weighted by Crippen LogP contribution is -2.44. The first-order valence-electron chi connectivity index (χ1n) is 21.6. The summed E-state index contributed by atoms with van der Waals surface area (Å²) in [7, 11) is 0. The van der Waals surface area contributed by atoms with Crippen LogP contribution in [0.15, 0.2) is 30.5 Å². The lowest BCUT2D eigenvalue weighted by Gasteiger charge is -2.36. The third-order valence-corrected chi connectivity index (χ3v) is 13.6. The molecule has 4 aliphatic rings. The average molecular weight is 949 g/mol. The molecule has 0 saturated carbocycles. The molecule has 20 heteroatoms. The molecule has 3 saturated heterocycles. The Bertz CT molecular complexity index is 2810. The summed E-state index contributed by atoms with van der Waals surface area (Å²) in [6.07, 6.45) is 0.707. The molecule has 2 aromatic carbocycles. The zero-order valence-electron chi connectivity index (χ0n) is 37.2. The Hall–Kier alpha value is -5.68. The lowest BCUT2D eigenvalue weighted by molar-refractivity contribution is 0.0624. The molecular formula is C46H48ClF3N8O7S. The molecule has 4 aliphatic heterocycles. The number of halogens is 4. The van der Waals surface area contributed by atoms with Crippen molar-refractivity contribution in [2.24, 2.45) is 5.92 Å². The number of fused-ring (bicyclic) bond motifs is 3. The molecule has 5 aromatic rings. The van der Waals surface area contributed by atoms with Crippen LogP contribution in [0.3, 0.4) is 0 Å². The lowest BCUT2D eigenvalue weighted by atomic mass is 9.95. The number of amides is 2. The molecule has 3 aromatic heterocycles. The van der Waals surface area contributed by atoms with Crippen LogP contribution in [0.25, 0.3) is 32.1 Å². The number of thiophene rings is 1. The van der Waals surface area contributed by atoms with Crippen molar-refractivity contribution in [2.75, 3.05) is 55.1 Å². The zero-order chi connectivity index (χ0) is 46.9. The highest BCUT2D eigenvalue weighted by Gasteiger charge is 2.50. The molecule has 4 atom stereocenters. The summed E-state index contributed by atoms with van der Waals surface area (Å²) in [5.41, 5.74) is -2.36.